The first-order chi connectivity index (χ1) is 12.0. The number of aromatic amines is 1. The molecule has 0 saturated carbocycles. The molecule has 25 heavy (non-hydrogen) atoms. The predicted molar refractivity (Wildman–Crippen MR) is 86.9 cm³/mol. The average Bonchev–Trinajstić information content (AvgIpc) is 3.09. The van der Waals surface area contributed by atoms with E-state index in [9.17, 15) is 13.2 Å². The molecule has 3 rings (SSSR count). The van der Waals surface area contributed by atoms with Crippen LogP contribution in [0.15, 0.2) is 48.5 Å². The summed E-state index contributed by atoms with van der Waals surface area (Å²) in [4.78, 5) is 0. The number of nitrogens with one attached hydrogen (secondary N) is 1. The van der Waals surface area contributed by atoms with Crippen molar-refractivity contribution in [2.45, 2.75) is 6.18 Å². The number of nitrogens with zero attached hydrogens (tertiary/aromatic N) is 3. The van der Waals surface area contributed by atoms with Crippen LogP contribution in [-0.4, -0.2) is 15.4 Å². The van der Waals surface area contributed by atoms with E-state index in [-0.39, 0.29) is 5.69 Å². The van der Waals surface area contributed by atoms with Gasteiger partial charge in [0.1, 0.15) is 11.8 Å². The summed E-state index contributed by atoms with van der Waals surface area (Å²) in [6, 6.07) is 14.2. The first-order valence-electron chi connectivity index (χ1n) is 7.24. The maximum atomic E-state index is 12.5. The van der Waals surface area contributed by atoms with E-state index in [2.05, 4.69) is 15.4 Å². The van der Waals surface area contributed by atoms with Crippen molar-refractivity contribution in [3.8, 4) is 17.3 Å². The Morgan fingerprint density at radius 3 is 2.00 bits per heavy atom. The zero-order valence-corrected chi connectivity index (χ0v) is 12.7. The van der Waals surface area contributed by atoms with E-state index in [0.717, 1.165) is 23.3 Å². The summed E-state index contributed by atoms with van der Waals surface area (Å²) in [5.41, 5.74) is 2.37. The molecule has 0 saturated heterocycles. The van der Waals surface area contributed by atoms with Crippen LogP contribution in [-0.2, 0) is 6.18 Å². The highest BCUT2D eigenvalue weighted by atomic mass is 19.4. The molecule has 2 aromatic carbocycles. The van der Waals surface area contributed by atoms with Gasteiger partial charge in [-0.3, -0.25) is 0 Å². The summed E-state index contributed by atoms with van der Waals surface area (Å²) in [7, 11) is 0. The molecule has 0 aliphatic rings. The monoisotopic (exact) mass is 340 g/mol. The van der Waals surface area contributed by atoms with Crippen LogP contribution in [0, 0.1) is 11.3 Å². The number of hydrogen-bond donors (Lipinski definition) is 1. The Bertz CT molecular complexity index is 930. The Balaban J connectivity index is 1.75. The number of benzene rings is 2. The highest BCUT2D eigenvalue weighted by Gasteiger charge is 2.29. The van der Waals surface area contributed by atoms with Crippen LogP contribution < -0.4 is 0 Å². The Hall–Kier alpha value is -3.40. The average molecular weight is 340 g/mol. The number of halogens is 3. The normalized spacial score (nSPS) is 11.6. The molecule has 4 nitrogen and oxygen atoms in total. The van der Waals surface area contributed by atoms with E-state index < -0.39 is 11.7 Å². The molecule has 0 fully saturated rings. The fourth-order valence-electron chi connectivity index (χ4n) is 2.24. The lowest BCUT2D eigenvalue weighted by atomic mass is 10.1. The minimum atomic E-state index is -4.33. The number of aromatic nitrogens is 3. The molecule has 124 valence electrons. The van der Waals surface area contributed by atoms with Crippen molar-refractivity contribution in [1.82, 2.24) is 15.4 Å². The second kappa shape index (κ2) is 6.61. The first-order valence-corrected chi connectivity index (χ1v) is 7.24. The van der Waals surface area contributed by atoms with E-state index in [0.29, 0.717) is 11.3 Å². The molecule has 1 aromatic heterocycles. The summed E-state index contributed by atoms with van der Waals surface area (Å²) in [6.07, 6.45) is -0.812. The highest BCUT2D eigenvalue weighted by molar-refractivity contribution is 5.72. The third-order valence-corrected chi connectivity index (χ3v) is 3.55. The van der Waals surface area contributed by atoms with Crippen molar-refractivity contribution in [2.75, 3.05) is 0 Å². The molecule has 0 unspecified atom stereocenters. The minimum absolute atomic E-state index is 0.285. The van der Waals surface area contributed by atoms with Crippen LogP contribution in [0.4, 0.5) is 13.2 Å². The molecular weight excluding hydrogens is 329 g/mol. The van der Waals surface area contributed by atoms with Crippen LogP contribution in [0.2, 0.25) is 0 Å². The smallest absolute Gasteiger partial charge is 0.247 e. The van der Waals surface area contributed by atoms with E-state index in [4.69, 9.17) is 5.26 Å². The Morgan fingerprint density at radius 2 is 1.48 bits per heavy atom. The van der Waals surface area contributed by atoms with E-state index in [1.54, 1.807) is 24.3 Å². The molecule has 1 N–H and O–H groups in total. The third kappa shape index (κ3) is 3.75. The van der Waals surface area contributed by atoms with Gasteiger partial charge in [-0.2, -0.15) is 18.4 Å². The van der Waals surface area contributed by atoms with Crippen LogP contribution in [0.25, 0.3) is 23.4 Å². The Kier molecular flexibility index (Phi) is 4.35. The number of H-pyrrole nitrogens is 1. The second-order valence-corrected chi connectivity index (χ2v) is 5.22. The molecule has 0 amide bonds. The van der Waals surface area contributed by atoms with Crippen molar-refractivity contribution in [1.29, 1.82) is 5.26 Å². The summed E-state index contributed by atoms with van der Waals surface area (Å²) >= 11 is 0. The van der Waals surface area contributed by atoms with Crippen LogP contribution in [0.5, 0.6) is 0 Å². The van der Waals surface area contributed by atoms with Crippen molar-refractivity contribution in [2.24, 2.45) is 0 Å². The van der Waals surface area contributed by atoms with E-state index >= 15 is 0 Å². The van der Waals surface area contributed by atoms with Crippen molar-refractivity contribution in [3.05, 3.63) is 70.9 Å². The fraction of sp³-hybridized carbons (Fsp3) is 0.0556. The topological polar surface area (TPSA) is 65.4 Å². The number of alkyl halides is 3. The van der Waals surface area contributed by atoms with Crippen LogP contribution in [0.3, 0.4) is 0 Å². The molecule has 1 heterocycles. The highest BCUT2D eigenvalue weighted by Crippen LogP contribution is 2.29. The van der Waals surface area contributed by atoms with Crippen molar-refractivity contribution >= 4 is 12.2 Å². The SMILES string of the molecule is N#Cc1[nH]nnc1-c1ccc(/C=C/c2ccc(C(F)(F)F)cc2)cc1. The molecule has 3 aromatic rings. The maximum Gasteiger partial charge on any atom is 0.416 e. The molecule has 0 spiro atoms. The fourth-order valence-corrected chi connectivity index (χ4v) is 2.24. The third-order valence-electron chi connectivity index (χ3n) is 3.55. The molecule has 0 radical (unpaired) electrons. The number of rotatable bonds is 3. The largest absolute Gasteiger partial charge is 0.416 e. The number of hydrogen-bond acceptors (Lipinski definition) is 3. The zero-order valence-electron chi connectivity index (χ0n) is 12.7. The summed E-state index contributed by atoms with van der Waals surface area (Å²) in [6.45, 7) is 0. The molecule has 0 bridgehead atoms. The van der Waals surface area contributed by atoms with Gasteiger partial charge >= 0.3 is 6.18 Å². The van der Waals surface area contributed by atoms with Crippen molar-refractivity contribution < 1.29 is 13.2 Å². The predicted octanol–water partition coefficient (Wildman–Crippen LogP) is 4.53. The van der Waals surface area contributed by atoms with E-state index in [1.165, 1.54) is 12.1 Å². The lowest BCUT2D eigenvalue weighted by Crippen LogP contribution is -2.03. The standard InChI is InChI=1S/C18H11F3N4/c19-18(20,21)15-9-5-13(6-10-15)2-1-12-3-7-14(8-4-12)17-16(11-22)23-25-24-17/h1-10H,(H,23,24,25)/b2-1+. The molecular formula is C18H11F3N4. The zero-order chi connectivity index (χ0) is 17.9. The quantitative estimate of drug-likeness (QED) is 0.712. The number of nitriles is 1. The molecule has 0 atom stereocenters. The second-order valence-electron chi connectivity index (χ2n) is 5.22. The lowest BCUT2D eigenvalue weighted by Gasteiger charge is -2.05. The van der Waals surface area contributed by atoms with Gasteiger partial charge in [-0.05, 0) is 23.3 Å². The van der Waals surface area contributed by atoms with Gasteiger partial charge in [0.05, 0.1) is 5.56 Å². The van der Waals surface area contributed by atoms with Gasteiger partial charge in [0.15, 0.2) is 5.69 Å². The maximum absolute atomic E-state index is 12.5. The summed E-state index contributed by atoms with van der Waals surface area (Å²) in [5, 5.41) is 18.9. The van der Waals surface area contributed by atoms with Crippen LogP contribution >= 0.6 is 0 Å². The molecule has 0 aliphatic carbocycles. The van der Waals surface area contributed by atoms with Crippen molar-refractivity contribution in [3.63, 3.8) is 0 Å². The van der Waals surface area contributed by atoms with Gasteiger partial charge in [0.25, 0.3) is 0 Å². The van der Waals surface area contributed by atoms with Crippen LogP contribution in [0.1, 0.15) is 22.4 Å². The van der Waals surface area contributed by atoms with Gasteiger partial charge in [0.2, 0.25) is 0 Å². The van der Waals surface area contributed by atoms with Gasteiger partial charge in [0, 0.05) is 5.56 Å². The summed E-state index contributed by atoms with van der Waals surface area (Å²) < 4.78 is 37.6. The van der Waals surface area contributed by atoms with Gasteiger partial charge < -0.3 is 0 Å². The minimum Gasteiger partial charge on any atom is -0.247 e. The Morgan fingerprint density at radius 1 is 0.920 bits per heavy atom. The first kappa shape index (κ1) is 16.5. The Labute approximate surface area is 141 Å². The lowest BCUT2D eigenvalue weighted by molar-refractivity contribution is -0.137. The van der Waals surface area contributed by atoms with Gasteiger partial charge in [-0.1, -0.05) is 53.8 Å². The molecule has 7 heteroatoms. The molecule has 0 aliphatic heterocycles. The van der Waals surface area contributed by atoms with Gasteiger partial charge in [-0.15, -0.1) is 5.10 Å². The van der Waals surface area contributed by atoms with E-state index in [1.807, 2.05) is 18.2 Å². The van der Waals surface area contributed by atoms with Gasteiger partial charge in [-0.25, -0.2) is 5.10 Å². The summed E-state index contributed by atoms with van der Waals surface area (Å²) in [5.74, 6) is 0.